The minimum absolute atomic E-state index is 0.452. The Morgan fingerprint density at radius 2 is 2.11 bits per heavy atom. The van der Waals surface area contributed by atoms with Gasteiger partial charge in [0, 0.05) is 25.7 Å². The highest BCUT2D eigenvalue weighted by Gasteiger charge is 2.22. The summed E-state index contributed by atoms with van der Waals surface area (Å²) in [5, 5.41) is 3.65. The number of likely N-dealkylation sites (tertiary alicyclic amines) is 1. The maximum atomic E-state index is 5.73. The van der Waals surface area contributed by atoms with Gasteiger partial charge in [0.25, 0.3) is 0 Å². The SMILES string of the molecule is CCC1CCCN(CCNC(C)C2CCCO2)CC1. The molecular formula is C16H32N2O. The second-order valence-corrected chi connectivity index (χ2v) is 6.34. The maximum Gasteiger partial charge on any atom is 0.0726 e. The summed E-state index contributed by atoms with van der Waals surface area (Å²) in [5.74, 6) is 0.976. The Morgan fingerprint density at radius 1 is 1.21 bits per heavy atom. The Kier molecular flexibility index (Phi) is 6.62. The highest BCUT2D eigenvalue weighted by Crippen LogP contribution is 2.20. The molecule has 2 rings (SSSR count). The fourth-order valence-corrected chi connectivity index (χ4v) is 3.44. The zero-order valence-corrected chi connectivity index (χ0v) is 12.9. The highest BCUT2D eigenvalue weighted by atomic mass is 16.5. The van der Waals surface area contributed by atoms with Crippen molar-refractivity contribution in [2.75, 3.05) is 32.8 Å². The van der Waals surface area contributed by atoms with E-state index in [2.05, 4.69) is 24.1 Å². The first-order chi connectivity index (χ1) is 9.29. The van der Waals surface area contributed by atoms with E-state index >= 15 is 0 Å². The molecule has 19 heavy (non-hydrogen) atoms. The molecule has 112 valence electrons. The lowest BCUT2D eigenvalue weighted by molar-refractivity contribution is 0.0827. The molecule has 0 spiro atoms. The summed E-state index contributed by atoms with van der Waals surface area (Å²) in [6, 6.07) is 0.512. The van der Waals surface area contributed by atoms with Crippen molar-refractivity contribution in [1.82, 2.24) is 10.2 Å². The van der Waals surface area contributed by atoms with Crippen LogP contribution in [0.25, 0.3) is 0 Å². The van der Waals surface area contributed by atoms with Gasteiger partial charge < -0.3 is 15.0 Å². The molecule has 2 heterocycles. The lowest BCUT2D eigenvalue weighted by Crippen LogP contribution is -2.41. The van der Waals surface area contributed by atoms with Gasteiger partial charge in [-0.2, -0.15) is 0 Å². The monoisotopic (exact) mass is 268 g/mol. The van der Waals surface area contributed by atoms with Crippen LogP contribution >= 0.6 is 0 Å². The van der Waals surface area contributed by atoms with Crippen LogP contribution in [0.3, 0.4) is 0 Å². The summed E-state index contributed by atoms with van der Waals surface area (Å²) in [4.78, 5) is 2.64. The van der Waals surface area contributed by atoms with E-state index in [1.807, 2.05) is 0 Å². The molecule has 3 unspecified atom stereocenters. The van der Waals surface area contributed by atoms with Crippen molar-refractivity contribution in [2.45, 2.75) is 64.5 Å². The van der Waals surface area contributed by atoms with Gasteiger partial charge in [0.2, 0.25) is 0 Å². The number of rotatable bonds is 6. The average Bonchev–Trinajstić information content (AvgIpc) is 2.86. The molecule has 3 heteroatoms. The largest absolute Gasteiger partial charge is 0.377 e. The van der Waals surface area contributed by atoms with Crippen LogP contribution < -0.4 is 5.32 Å². The minimum atomic E-state index is 0.452. The predicted octanol–water partition coefficient (Wildman–Crippen LogP) is 2.66. The summed E-state index contributed by atoms with van der Waals surface area (Å²) in [7, 11) is 0. The molecule has 0 saturated carbocycles. The third kappa shape index (κ3) is 5.05. The van der Waals surface area contributed by atoms with Crippen LogP contribution in [0.1, 0.15) is 52.4 Å². The molecule has 2 aliphatic rings. The van der Waals surface area contributed by atoms with E-state index in [9.17, 15) is 0 Å². The number of nitrogens with zero attached hydrogens (tertiary/aromatic N) is 1. The van der Waals surface area contributed by atoms with E-state index in [1.165, 1.54) is 58.2 Å². The van der Waals surface area contributed by atoms with Crippen LogP contribution in [0.5, 0.6) is 0 Å². The van der Waals surface area contributed by atoms with Gasteiger partial charge in [-0.3, -0.25) is 0 Å². The van der Waals surface area contributed by atoms with Crippen molar-refractivity contribution in [3.8, 4) is 0 Å². The number of nitrogens with one attached hydrogen (secondary N) is 1. The molecule has 3 atom stereocenters. The molecule has 3 nitrogen and oxygen atoms in total. The summed E-state index contributed by atoms with van der Waals surface area (Å²) in [6.45, 7) is 10.5. The highest BCUT2D eigenvalue weighted by molar-refractivity contribution is 4.77. The van der Waals surface area contributed by atoms with Crippen molar-refractivity contribution in [2.24, 2.45) is 5.92 Å². The van der Waals surface area contributed by atoms with Crippen molar-refractivity contribution < 1.29 is 4.74 Å². The Morgan fingerprint density at radius 3 is 2.84 bits per heavy atom. The van der Waals surface area contributed by atoms with Gasteiger partial charge in [0.15, 0.2) is 0 Å². The summed E-state index contributed by atoms with van der Waals surface area (Å²) in [5.41, 5.74) is 0. The zero-order valence-electron chi connectivity index (χ0n) is 12.9. The molecule has 1 N–H and O–H groups in total. The lowest BCUT2D eigenvalue weighted by Gasteiger charge is -2.24. The van der Waals surface area contributed by atoms with E-state index < -0.39 is 0 Å². The van der Waals surface area contributed by atoms with E-state index in [-0.39, 0.29) is 0 Å². The minimum Gasteiger partial charge on any atom is -0.377 e. The van der Waals surface area contributed by atoms with E-state index in [1.54, 1.807) is 0 Å². The predicted molar refractivity (Wildman–Crippen MR) is 80.5 cm³/mol. The van der Waals surface area contributed by atoms with Gasteiger partial charge in [-0.05, 0) is 58.0 Å². The number of hydrogen-bond acceptors (Lipinski definition) is 3. The fourth-order valence-electron chi connectivity index (χ4n) is 3.44. The standard InChI is InChI=1S/C16H32N2O/c1-3-15-6-4-10-18(11-8-15)12-9-17-14(2)16-7-5-13-19-16/h14-17H,3-13H2,1-2H3. The third-order valence-corrected chi connectivity index (χ3v) is 4.93. The topological polar surface area (TPSA) is 24.5 Å². The molecule has 0 aromatic rings. The Bertz CT molecular complexity index is 241. The van der Waals surface area contributed by atoms with Crippen molar-refractivity contribution >= 4 is 0 Å². The summed E-state index contributed by atoms with van der Waals surface area (Å²) < 4.78 is 5.73. The van der Waals surface area contributed by atoms with Gasteiger partial charge in [-0.25, -0.2) is 0 Å². The van der Waals surface area contributed by atoms with Gasteiger partial charge in [0.05, 0.1) is 6.10 Å². The van der Waals surface area contributed by atoms with E-state index in [0.29, 0.717) is 12.1 Å². The third-order valence-electron chi connectivity index (χ3n) is 4.93. The molecule has 0 aromatic carbocycles. The Hall–Kier alpha value is -0.120. The molecule has 0 aliphatic carbocycles. The van der Waals surface area contributed by atoms with Crippen LogP contribution in [0.4, 0.5) is 0 Å². The molecule has 0 aromatic heterocycles. The normalized spacial score (nSPS) is 31.3. The Labute approximate surface area is 119 Å². The van der Waals surface area contributed by atoms with Crippen molar-refractivity contribution in [3.05, 3.63) is 0 Å². The molecule has 2 fully saturated rings. The van der Waals surface area contributed by atoms with Gasteiger partial charge in [-0.15, -0.1) is 0 Å². The van der Waals surface area contributed by atoms with Crippen LogP contribution in [-0.2, 0) is 4.74 Å². The summed E-state index contributed by atoms with van der Waals surface area (Å²) >= 11 is 0. The first kappa shape index (κ1) is 15.3. The molecule has 0 amide bonds. The van der Waals surface area contributed by atoms with Crippen LogP contribution in [0.15, 0.2) is 0 Å². The van der Waals surface area contributed by atoms with Crippen molar-refractivity contribution in [1.29, 1.82) is 0 Å². The molecule has 0 bridgehead atoms. The number of ether oxygens (including phenoxy) is 1. The van der Waals surface area contributed by atoms with E-state index in [0.717, 1.165) is 19.1 Å². The van der Waals surface area contributed by atoms with Crippen molar-refractivity contribution in [3.63, 3.8) is 0 Å². The smallest absolute Gasteiger partial charge is 0.0726 e. The quantitative estimate of drug-likeness (QED) is 0.801. The Balaban J connectivity index is 1.59. The second kappa shape index (κ2) is 8.23. The molecule has 2 aliphatic heterocycles. The zero-order chi connectivity index (χ0) is 13.5. The van der Waals surface area contributed by atoms with Gasteiger partial charge in [0.1, 0.15) is 0 Å². The average molecular weight is 268 g/mol. The van der Waals surface area contributed by atoms with E-state index in [4.69, 9.17) is 4.74 Å². The van der Waals surface area contributed by atoms with Gasteiger partial charge >= 0.3 is 0 Å². The summed E-state index contributed by atoms with van der Waals surface area (Å²) in [6.07, 6.45) is 8.51. The first-order valence-corrected chi connectivity index (χ1v) is 8.37. The van der Waals surface area contributed by atoms with Crippen LogP contribution in [0.2, 0.25) is 0 Å². The second-order valence-electron chi connectivity index (χ2n) is 6.34. The molecule has 2 saturated heterocycles. The lowest BCUT2D eigenvalue weighted by atomic mass is 9.98. The van der Waals surface area contributed by atoms with Crippen LogP contribution in [-0.4, -0.2) is 49.8 Å². The molecule has 0 radical (unpaired) electrons. The van der Waals surface area contributed by atoms with Gasteiger partial charge in [-0.1, -0.05) is 13.3 Å². The van der Waals surface area contributed by atoms with Crippen LogP contribution in [0, 0.1) is 5.92 Å². The molecular weight excluding hydrogens is 236 g/mol. The number of hydrogen-bond donors (Lipinski definition) is 1. The first-order valence-electron chi connectivity index (χ1n) is 8.37. The fraction of sp³-hybridized carbons (Fsp3) is 1.00. The maximum absolute atomic E-state index is 5.73.